The molecular formula is C16H20BrN3O2. The van der Waals surface area contributed by atoms with Crippen LogP contribution in [0.5, 0.6) is 0 Å². The molecule has 1 fully saturated rings. The molecule has 0 bridgehead atoms. The van der Waals surface area contributed by atoms with Crippen LogP contribution in [0.25, 0.3) is 0 Å². The summed E-state index contributed by atoms with van der Waals surface area (Å²) in [5.41, 5.74) is 1.03. The van der Waals surface area contributed by atoms with E-state index in [-0.39, 0.29) is 6.04 Å². The summed E-state index contributed by atoms with van der Waals surface area (Å²) in [6, 6.07) is 7.83. The maximum Gasteiger partial charge on any atom is 0.407 e. The summed E-state index contributed by atoms with van der Waals surface area (Å²) in [5.74, 6) is 0. The van der Waals surface area contributed by atoms with Crippen molar-refractivity contribution in [2.45, 2.75) is 38.8 Å². The second-order valence-electron chi connectivity index (χ2n) is 6.35. The Balaban J connectivity index is 2.00. The summed E-state index contributed by atoms with van der Waals surface area (Å²) in [4.78, 5) is 13.9. The molecule has 0 radical (unpaired) electrons. The monoisotopic (exact) mass is 365 g/mol. The van der Waals surface area contributed by atoms with Crippen LogP contribution in [-0.2, 0) is 4.74 Å². The minimum Gasteiger partial charge on any atom is -0.444 e. The van der Waals surface area contributed by atoms with Gasteiger partial charge >= 0.3 is 6.09 Å². The molecule has 0 saturated carbocycles. The molecule has 6 heteroatoms. The molecule has 1 aromatic carbocycles. The number of nitrogens with zero attached hydrogens (tertiary/aromatic N) is 2. The van der Waals surface area contributed by atoms with Gasteiger partial charge in [0.1, 0.15) is 11.7 Å². The molecule has 1 aromatic rings. The quantitative estimate of drug-likeness (QED) is 0.871. The van der Waals surface area contributed by atoms with E-state index in [1.54, 1.807) is 6.07 Å². The van der Waals surface area contributed by atoms with Crippen LogP contribution < -0.4 is 10.2 Å². The van der Waals surface area contributed by atoms with Crippen molar-refractivity contribution in [3.8, 4) is 6.07 Å². The van der Waals surface area contributed by atoms with E-state index in [1.807, 2.05) is 32.9 Å². The van der Waals surface area contributed by atoms with E-state index < -0.39 is 11.7 Å². The Kier molecular flexibility index (Phi) is 4.97. The third-order valence-corrected chi connectivity index (χ3v) is 3.82. The first-order chi connectivity index (χ1) is 10.3. The van der Waals surface area contributed by atoms with Crippen LogP contribution in [0, 0.1) is 11.3 Å². The number of nitrogens with one attached hydrogen (secondary N) is 1. The minimum absolute atomic E-state index is 0.0281. The van der Waals surface area contributed by atoms with Gasteiger partial charge in [-0.1, -0.05) is 15.9 Å². The average molecular weight is 366 g/mol. The zero-order valence-corrected chi connectivity index (χ0v) is 14.6. The number of nitriles is 1. The van der Waals surface area contributed by atoms with Crippen molar-refractivity contribution < 1.29 is 9.53 Å². The first-order valence-electron chi connectivity index (χ1n) is 7.22. The Morgan fingerprint density at radius 2 is 2.23 bits per heavy atom. The van der Waals surface area contributed by atoms with Crippen LogP contribution in [0.3, 0.4) is 0 Å². The van der Waals surface area contributed by atoms with Gasteiger partial charge in [0, 0.05) is 17.6 Å². The SMILES string of the molecule is CC(C)(C)OC(=O)NC1CCN(c2cc(Br)ccc2C#N)C1. The highest BCUT2D eigenvalue weighted by Crippen LogP contribution is 2.27. The topological polar surface area (TPSA) is 65.4 Å². The minimum atomic E-state index is -0.499. The van der Waals surface area contributed by atoms with Gasteiger partial charge in [0.15, 0.2) is 0 Å². The largest absolute Gasteiger partial charge is 0.444 e. The zero-order chi connectivity index (χ0) is 16.3. The molecule has 1 unspecified atom stereocenters. The third kappa shape index (κ3) is 4.38. The van der Waals surface area contributed by atoms with Gasteiger partial charge in [-0.05, 0) is 45.4 Å². The Hall–Kier alpha value is -1.74. The fourth-order valence-corrected chi connectivity index (χ4v) is 2.78. The van der Waals surface area contributed by atoms with Crippen molar-refractivity contribution in [3.05, 3.63) is 28.2 Å². The van der Waals surface area contributed by atoms with E-state index in [2.05, 4.69) is 32.2 Å². The molecule has 1 heterocycles. The molecule has 1 amide bonds. The van der Waals surface area contributed by atoms with E-state index in [9.17, 15) is 10.1 Å². The number of carbonyl (C=O) groups is 1. The molecule has 1 saturated heterocycles. The fraction of sp³-hybridized carbons (Fsp3) is 0.500. The molecule has 0 aliphatic carbocycles. The maximum atomic E-state index is 11.8. The first kappa shape index (κ1) is 16.6. The van der Waals surface area contributed by atoms with Crippen molar-refractivity contribution in [2.75, 3.05) is 18.0 Å². The highest BCUT2D eigenvalue weighted by Gasteiger charge is 2.27. The van der Waals surface area contributed by atoms with Crippen LogP contribution >= 0.6 is 15.9 Å². The molecule has 1 aliphatic heterocycles. The van der Waals surface area contributed by atoms with Gasteiger partial charge in [0.05, 0.1) is 17.3 Å². The summed E-state index contributed by atoms with van der Waals surface area (Å²) < 4.78 is 6.21. The highest BCUT2D eigenvalue weighted by atomic mass is 79.9. The lowest BCUT2D eigenvalue weighted by atomic mass is 10.2. The molecule has 22 heavy (non-hydrogen) atoms. The van der Waals surface area contributed by atoms with E-state index >= 15 is 0 Å². The van der Waals surface area contributed by atoms with E-state index in [0.717, 1.165) is 23.1 Å². The van der Waals surface area contributed by atoms with Crippen LogP contribution in [0.1, 0.15) is 32.8 Å². The fourth-order valence-electron chi connectivity index (χ4n) is 2.43. The highest BCUT2D eigenvalue weighted by molar-refractivity contribution is 9.10. The Morgan fingerprint density at radius 1 is 1.50 bits per heavy atom. The number of amides is 1. The van der Waals surface area contributed by atoms with Gasteiger partial charge in [0.25, 0.3) is 0 Å². The summed E-state index contributed by atoms with van der Waals surface area (Å²) in [7, 11) is 0. The average Bonchev–Trinajstić information content (AvgIpc) is 2.84. The smallest absolute Gasteiger partial charge is 0.407 e. The van der Waals surface area contributed by atoms with Crippen molar-refractivity contribution in [3.63, 3.8) is 0 Å². The lowest BCUT2D eigenvalue weighted by Crippen LogP contribution is -2.40. The van der Waals surface area contributed by atoms with Crippen molar-refractivity contribution in [2.24, 2.45) is 0 Å². The summed E-state index contributed by atoms with van der Waals surface area (Å²) >= 11 is 3.44. The van der Waals surface area contributed by atoms with Gasteiger partial charge in [0.2, 0.25) is 0 Å². The first-order valence-corrected chi connectivity index (χ1v) is 8.02. The predicted octanol–water partition coefficient (Wildman–Crippen LogP) is 3.42. The number of hydrogen-bond acceptors (Lipinski definition) is 4. The van der Waals surface area contributed by atoms with Crippen LogP contribution in [0.2, 0.25) is 0 Å². The normalized spacial score (nSPS) is 18.0. The molecule has 1 N–H and O–H groups in total. The lowest BCUT2D eigenvalue weighted by Gasteiger charge is -2.23. The third-order valence-electron chi connectivity index (χ3n) is 3.33. The van der Waals surface area contributed by atoms with Crippen LogP contribution in [0.15, 0.2) is 22.7 Å². The zero-order valence-electron chi connectivity index (χ0n) is 13.0. The number of alkyl carbamates (subject to hydrolysis) is 1. The van der Waals surface area contributed by atoms with Gasteiger partial charge in [-0.15, -0.1) is 0 Å². The number of carbonyl (C=O) groups excluding carboxylic acids is 1. The van der Waals surface area contributed by atoms with E-state index in [4.69, 9.17) is 4.74 Å². The summed E-state index contributed by atoms with van der Waals surface area (Å²) in [6.07, 6.45) is 0.436. The number of ether oxygens (including phenoxy) is 1. The number of anilines is 1. The van der Waals surface area contributed by atoms with Gasteiger partial charge in [-0.2, -0.15) is 5.26 Å². The second-order valence-corrected chi connectivity index (χ2v) is 7.27. The van der Waals surface area contributed by atoms with Gasteiger partial charge in [-0.3, -0.25) is 0 Å². The van der Waals surface area contributed by atoms with Crippen LogP contribution in [-0.4, -0.2) is 30.8 Å². The molecule has 2 rings (SSSR count). The second kappa shape index (κ2) is 6.57. The van der Waals surface area contributed by atoms with E-state index in [0.29, 0.717) is 12.1 Å². The number of rotatable bonds is 2. The number of hydrogen-bond donors (Lipinski definition) is 1. The number of halogens is 1. The van der Waals surface area contributed by atoms with Crippen molar-refractivity contribution in [1.29, 1.82) is 5.26 Å². The number of benzene rings is 1. The van der Waals surface area contributed by atoms with Crippen LogP contribution in [0.4, 0.5) is 10.5 Å². The molecule has 1 atom stereocenters. The lowest BCUT2D eigenvalue weighted by molar-refractivity contribution is 0.0509. The molecule has 5 nitrogen and oxygen atoms in total. The molecule has 1 aliphatic rings. The Labute approximate surface area is 139 Å². The molecule has 0 spiro atoms. The van der Waals surface area contributed by atoms with E-state index in [1.165, 1.54) is 0 Å². The van der Waals surface area contributed by atoms with Gasteiger partial charge in [-0.25, -0.2) is 4.79 Å². The molecule has 118 valence electrons. The van der Waals surface area contributed by atoms with Crippen molar-refractivity contribution in [1.82, 2.24) is 5.32 Å². The van der Waals surface area contributed by atoms with Crippen molar-refractivity contribution >= 4 is 27.7 Å². The summed E-state index contributed by atoms with van der Waals surface area (Å²) in [6.45, 7) is 6.99. The predicted molar refractivity (Wildman–Crippen MR) is 88.8 cm³/mol. The Morgan fingerprint density at radius 3 is 2.86 bits per heavy atom. The maximum absolute atomic E-state index is 11.8. The standard InChI is InChI=1S/C16H20BrN3O2/c1-16(2,3)22-15(21)19-13-6-7-20(10-13)14-8-12(17)5-4-11(14)9-18/h4-5,8,13H,6-7,10H2,1-3H3,(H,19,21). The summed E-state index contributed by atoms with van der Waals surface area (Å²) in [5, 5.41) is 12.1. The molecule has 0 aromatic heterocycles. The Bertz CT molecular complexity index is 604. The molecular weight excluding hydrogens is 346 g/mol. The van der Waals surface area contributed by atoms with Gasteiger partial charge < -0.3 is 15.0 Å².